The van der Waals surface area contributed by atoms with Crippen molar-refractivity contribution in [2.45, 2.75) is 18.9 Å². The fraction of sp³-hybridized carbons (Fsp3) is 0.417. The van der Waals surface area contributed by atoms with Gasteiger partial charge in [0.05, 0.1) is 4.47 Å². The molecule has 3 N–H and O–H groups in total. The second-order valence-electron chi connectivity index (χ2n) is 4.16. The SMILES string of the molecule is O=C(NC1CCNCC1)c1ccc(Br)c(O)c1. The van der Waals surface area contributed by atoms with E-state index in [1.54, 1.807) is 12.1 Å². The van der Waals surface area contributed by atoms with Crippen molar-refractivity contribution in [3.05, 3.63) is 28.2 Å². The molecule has 0 aromatic heterocycles. The Labute approximate surface area is 109 Å². The van der Waals surface area contributed by atoms with Crippen LogP contribution in [0.2, 0.25) is 0 Å². The number of carbonyl (C=O) groups is 1. The molecule has 0 aliphatic carbocycles. The van der Waals surface area contributed by atoms with Crippen molar-refractivity contribution in [2.75, 3.05) is 13.1 Å². The van der Waals surface area contributed by atoms with Gasteiger partial charge in [0, 0.05) is 11.6 Å². The van der Waals surface area contributed by atoms with Crippen molar-refractivity contribution in [1.29, 1.82) is 0 Å². The van der Waals surface area contributed by atoms with Crippen molar-refractivity contribution in [3.8, 4) is 5.75 Å². The molecule has 92 valence electrons. The zero-order valence-corrected chi connectivity index (χ0v) is 11.0. The van der Waals surface area contributed by atoms with Crippen LogP contribution < -0.4 is 10.6 Å². The molecular weight excluding hydrogens is 284 g/mol. The first-order valence-electron chi connectivity index (χ1n) is 5.67. The molecule has 0 radical (unpaired) electrons. The third-order valence-corrected chi connectivity index (χ3v) is 3.55. The average molecular weight is 299 g/mol. The number of halogens is 1. The summed E-state index contributed by atoms with van der Waals surface area (Å²) in [5.41, 5.74) is 0.490. The lowest BCUT2D eigenvalue weighted by Crippen LogP contribution is -2.42. The molecular formula is C12H15BrN2O2. The van der Waals surface area contributed by atoms with Gasteiger partial charge < -0.3 is 15.7 Å². The Kier molecular flexibility index (Phi) is 4.02. The summed E-state index contributed by atoms with van der Waals surface area (Å²) in [6.07, 6.45) is 1.91. The van der Waals surface area contributed by atoms with Gasteiger partial charge in [-0.3, -0.25) is 4.79 Å². The summed E-state index contributed by atoms with van der Waals surface area (Å²) < 4.78 is 0.593. The first kappa shape index (κ1) is 12.4. The molecule has 0 unspecified atom stereocenters. The number of nitrogens with one attached hydrogen (secondary N) is 2. The van der Waals surface area contributed by atoms with E-state index in [1.165, 1.54) is 6.07 Å². The summed E-state index contributed by atoms with van der Waals surface area (Å²) >= 11 is 3.19. The van der Waals surface area contributed by atoms with E-state index in [1.807, 2.05) is 0 Å². The highest BCUT2D eigenvalue weighted by molar-refractivity contribution is 9.10. The van der Waals surface area contributed by atoms with Crippen molar-refractivity contribution in [1.82, 2.24) is 10.6 Å². The number of carbonyl (C=O) groups excluding carboxylic acids is 1. The van der Waals surface area contributed by atoms with Gasteiger partial charge in [0.2, 0.25) is 0 Å². The second-order valence-corrected chi connectivity index (χ2v) is 5.02. The van der Waals surface area contributed by atoms with E-state index in [0.29, 0.717) is 10.0 Å². The van der Waals surface area contributed by atoms with E-state index in [0.717, 1.165) is 25.9 Å². The molecule has 1 amide bonds. The fourth-order valence-corrected chi connectivity index (χ4v) is 2.14. The van der Waals surface area contributed by atoms with Gasteiger partial charge in [0.15, 0.2) is 0 Å². The number of amides is 1. The highest BCUT2D eigenvalue weighted by atomic mass is 79.9. The Bertz CT molecular complexity index is 417. The highest BCUT2D eigenvalue weighted by Gasteiger charge is 2.16. The van der Waals surface area contributed by atoms with Crippen LogP contribution in [0.15, 0.2) is 22.7 Å². The quantitative estimate of drug-likeness (QED) is 0.778. The summed E-state index contributed by atoms with van der Waals surface area (Å²) in [7, 11) is 0. The number of benzene rings is 1. The molecule has 17 heavy (non-hydrogen) atoms. The predicted octanol–water partition coefficient (Wildman–Crippen LogP) is 1.64. The third kappa shape index (κ3) is 3.20. The number of aromatic hydroxyl groups is 1. The number of rotatable bonds is 2. The smallest absolute Gasteiger partial charge is 0.251 e. The predicted molar refractivity (Wildman–Crippen MR) is 69.2 cm³/mol. The van der Waals surface area contributed by atoms with Crippen LogP contribution in [0.1, 0.15) is 23.2 Å². The van der Waals surface area contributed by atoms with Gasteiger partial charge in [0.1, 0.15) is 5.75 Å². The minimum atomic E-state index is -0.125. The largest absolute Gasteiger partial charge is 0.507 e. The summed E-state index contributed by atoms with van der Waals surface area (Å²) in [5, 5.41) is 15.7. The first-order chi connectivity index (χ1) is 8.16. The lowest BCUT2D eigenvalue weighted by Gasteiger charge is -2.23. The summed E-state index contributed by atoms with van der Waals surface area (Å²) in [4.78, 5) is 11.9. The molecule has 0 spiro atoms. The molecule has 0 atom stereocenters. The standard InChI is InChI=1S/C12H15BrN2O2/c13-10-2-1-8(7-11(10)16)12(17)15-9-3-5-14-6-4-9/h1-2,7,9,14,16H,3-6H2,(H,15,17). The van der Waals surface area contributed by atoms with E-state index in [4.69, 9.17) is 0 Å². The lowest BCUT2D eigenvalue weighted by atomic mass is 10.1. The molecule has 1 aliphatic rings. The average Bonchev–Trinajstić information content (AvgIpc) is 2.34. The fourth-order valence-electron chi connectivity index (χ4n) is 1.89. The monoisotopic (exact) mass is 298 g/mol. The van der Waals surface area contributed by atoms with Crippen LogP contribution >= 0.6 is 15.9 Å². The molecule has 1 aromatic carbocycles. The number of piperidine rings is 1. The number of phenols is 1. The molecule has 0 saturated carbocycles. The third-order valence-electron chi connectivity index (χ3n) is 2.88. The van der Waals surface area contributed by atoms with Crippen molar-refractivity contribution < 1.29 is 9.90 Å². The Morgan fingerprint density at radius 3 is 2.76 bits per heavy atom. The van der Waals surface area contributed by atoms with Crippen LogP contribution in [0.3, 0.4) is 0 Å². The molecule has 1 heterocycles. The maximum absolute atomic E-state index is 11.9. The lowest BCUT2D eigenvalue weighted by molar-refractivity contribution is 0.0929. The van der Waals surface area contributed by atoms with Gasteiger partial charge >= 0.3 is 0 Å². The molecule has 1 aliphatic heterocycles. The van der Waals surface area contributed by atoms with Crippen molar-refractivity contribution in [3.63, 3.8) is 0 Å². The highest BCUT2D eigenvalue weighted by Crippen LogP contribution is 2.24. The molecule has 1 fully saturated rings. The maximum atomic E-state index is 11.9. The van der Waals surface area contributed by atoms with Crippen LogP contribution in [0.5, 0.6) is 5.75 Å². The second kappa shape index (κ2) is 5.51. The molecule has 0 bridgehead atoms. The van der Waals surface area contributed by atoms with E-state index in [9.17, 15) is 9.90 Å². The minimum Gasteiger partial charge on any atom is -0.507 e. The van der Waals surface area contributed by atoms with Gasteiger partial charge in [-0.1, -0.05) is 0 Å². The van der Waals surface area contributed by atoms with Crippen LogP contribution in [0.4, 0.5) is 0 Å². The van der Waals surface area contributed by atoms with Gasteiger partial charge in [-0.25, -0.2) is 0 Å². The topological polar surface area (TPSA) is 61.4 Å². The van der Waals surface area contributed by atoms with Crippen LogP contribution in [0, 0.1) is 0 Å². The molecule has 1 aromatic rings. The van der Waals surface area contributed by atoms with Gasteiger partial charge in [-0.15, -0.1) is 0 Å². The van der Waals surface area contributed by atoms with Gasteiger partial charge in [-0.05, 0) is 60.1 Å². The Morgan fingerprint density at radius 1 is 1.41 bits per heavy atom. The van der Waals surface area contributed by atoms with E-state index in [2.05, 4.69) is 26.6 Å². The van der Waals surface area contributed by atoms with Gasteiger partial charge in [-0.2, -0.15) is 0 Å². The van der Waals surface area contributed by atoms with Crippen LogP contribution in [-0.2, 0) is 0 Å². The van der Waals surface area contributed by atoms with Crippen molar-refractivity contribution >= 4 is 21.8 Å². The minimum absolute atomic E-state index is 0.0861. The molecule has 1 saturated heterocycles. The number of hydrogen-bond donors (Lipinski definition) is 3. The molecule has 5 heteroatoms. The first-order valence-corrected chi connectivity index (χ1v) is 6.46. The summed E-state index contributed by atoms with van der Waals surface area (Å²) in [5.74, 6) is -0.0392. The van der Waals surface area contributed by atoms with Gasteiger partial charge in [0.25, 0.3) is 5.91 Å². The summed E-state index contributed by atoms with van der Waals surface area (Å²) in [6, 6.07) is 5.07. The Hall–Kier alpha value is -1.07. The number of hydrogen-bond acceptors (Lipinski definition) is 3. The number of phenolic OH excluding ortho intramolecular Hbond substituents is 1. The zero-order valence-electron chi connectivity index (χ0n) is 9.37. The van der Waals surface area contributed by atoms with E-state index in [-0.39, 0.29) is 17.7 Å². The normalized spacial score (nSPS) is 16.8. The van der Waals surface area contributed by atoms with E-state index >= 15 is 0 Å². The maximum Gasteiger partial charge on any atom is 0.251 e. The molecule has 2 rings (SSSR count). The van der Waals surface area contributed by atoms with Crippen LogP contribution in [-0.4, -0.2) is 30.1 Å². The Morgan fingerprint density at radius 2 is 2.12 bits per heavy atom. The van der Waals surface area contributed by atoms with Crippen molar-refractivity contribution in [2.24, 2.45) is 0 Å². The zero-order chi connectivity index (χ0) is 12.3. The Balaban J connectivity index is 2.01. The summed E-state index contributed by atoms with van der Waals surface area (Å²) in [6.45, 7) is 1.88. The van der Waals surface area contributed by atoms with E-state index < -0.39 is 0 Å². The molecule has 4 nitrogen and oxygen atoms in total. The van der Waals surface area contributed by atoms with Crippen LogP contribution in [0.25, 0.3) is 0 Å².